The zero-order valence-corrected chi connectivity index (χ0v) is 18.5. The summed E-state index contributed by atoms with van der Waals surface area (Å²) in [5, 5.41) is 31.6. The molecule has 0 aromatic carbocycles. The molecule has 0 spiro atoms. The first kappa shape index (κ1) is 25.0. The molecule has 0 bridgehead atoms. The third-order valence-corrected chi connectivity index (χ3v) is 5.93. The van der Waals surface area contributed by atoms with Crippen molar-refractivity contribution in [3.8, 4) is 0 Å². The van der Waals surface area contributed by atoms with Gasteiger partial charge in [0, 0.05) is 32.7 Å². The van der Waals surface area contributed by atoms with E-state index >= 15 is 0 Å². The number of aromatic nitrogens is 4. The number of nitrogens with one attached hydrogen (secondary N) is 1. The van der Waals surface area contributed by atoms with Crippen molar-refractivity contribution in [2.24, 2.45) is 5.73 Å². The van der Waals surface area contributed by atoms with Crippen LogP contribution in [-0.4, -0.2) is 105 Å². The normalized spacial score (nSPS) is 25.9. The van der Waals surface area contributed by atoms with Crippen LogP contribution in [0.1, 0.15) is 16.2 Å². The lowest BCUT2D eigenvalue weighted by Crippen LogP contribution is -2.59. The molecule has 2 aromatic rings. The Morgan fingerprint density at radius 1 is 1.14 bits per heavy atom. The van der Waals surface area contributed by atoms with E-state index in [0.29, 0.717) is 44.7 Å². The molecule has 190 valence electrons. The number of hydrogen-bond donors (Lipinski definition) is 4. The van der Waals surface area contributed by atoms with Gasteiger partial charge in [-0.05, 0) is 12.1 Å². The molecule has 12 nitrogen and oxygen atoms in total. The number of carbonyl (C=O) groups excluding carboxylic acids is 1. The summed E-state index contributed by atoms with van der Waals surface area (Å²) in [5.74, 6) is -0.214. The minimum atomic E-state index is -4.65. The molecule has 2 aliphatic rings. The summed E-state index contributed by atoms with van der Waals surface area (Å²) in [5.41, 5.74) is 4.10. The average molecular weight is 498 g/mol. The van der Waals surface area contributed by atoms with E-state index in [1.807, 2.05) is 4.90 Å². The molecule has 0 aliphatic carbocycles. The number of halogens is 3. The third-order valence-electron chi connectivity index (χ3n) is 5.93. The second-order valence-corrected chi connectivity index (χ2v) is 8.32. The average Bonchev–Trinajstić information content (AvgIpc) is 2.84. The zero-order chi connectivity index (χ0) is 25.2. The lowest BCUT2D eigenvalue weighted by atomic mass is 9.97. The van der Waals surface area contributed by atoms with Gasteiger partial charge in [0.25, 0.3) is 5.91 Å². The summed E-state index contributed by atoms with van der Waals surface area (Å²) in [6.45, 7) is 2.81. The molecule has 4 atom stereocenters. The van der Waals surface area contributed by atoms with Gasteiger partial charge in [0.2, 0.25) is 0 Å². The molecule has 0 unspecified atom stereocenters. The molecule has 2 saturated heterocycles. The topological polar surface area (TPSA) is 163 Å². The van der Waals surface area contributed by atoms with Crippen LogP contribution in [0, 0.1) is 0 Å². The highest BCUT2D eigenvalue weighted by Crippen LogP contribution is 2.28. The van der Waals surface area contributed by atoms with E-state index in [1.165, 1.54) is 6.07 Å². The number of hydrogen-bond acceptors (Lipinski definition) is 11. The Kier molecular flexibility index (Phi) is 7.30. The van der Waals surface area contributed by atoms with Crippen LogP contribution >= 0.6 is 0 Å². The van der Waals surface area contributed by atoms with E-state index in [9.17, 15) is 28.2 Å². The number of aliphatic hydroxyl groups excluding tert-OH is 2. The molecule has 4 rings (SSSR count). The number of nitrogens with zero attached hydrogens (tertiary/aromatic N) is 6. The molecule has 0 saturated carbocycles. The van der Waals surface area contributed by atoms with Crippen LogP contribution in [0.5, 0.6) is 0 Å². The standard InChI is InChI=1S/C20H25F3N8O4/c21-20(22,23)14-7-25-8-15(27-14)26-12-10-35-13(18(33)17(12)32)9-30-3-5-31(6-4-30)16-2-1-11(19(24)34)28-29-16/h1-2,7-8,12-13,17-18,32-33H,3-6,9-10H2,(H2,24,34)(H,26,27)/t12-,13+,17+,18-/m0/s1. The Morgan fingerprint density at radius 3 is 2.51 bits per heavy atom. The minimum Gasteiger partial charge on any atom is -0.388 e. The third kappa shape index (κ3) is 5.93. The van der Waals surface area contributed by atoms with Gasteiger partial charge >= 0.3 is 6.18 Å². The molecule has 4 heterocycles. The number of aliphatic hydroxyl groups is 2. The van der Waals surface area contributed by atoms with Gasteiger partial charge in [0.05, 0.1) is 31.1 Å². The fraction of sp³-hybridized carbons (Fsp3) is 0.550. The molecular weight excluding hydrogens is 473 g/mol. The molecule has 5 N–H and O–H groups in total. The van der Waals surface area contributed by atoms with Crippen molar-refractivity contribution in [2.45, 2.75) is 30.5 Å². The summed E-state index contributed by atoms with van der Waals surface area (Å²) in [4.78, 5) is 22.2. The molecular formula is C20H25F3N8O4. The number of carbonyl (C=O) groups is 1. The first-order chi connectivity index (χ1) is 16.6. The fourth-order valence-electron chi connectivity index (χ4n) is 3.97. The summed E-state index contributed by atoms with van der Waals surface area (Å²) >= 11 is 0. The minimum absolute atomic E-state index is 0.0391. The van der Waals surface area contributed by atoms with Gasteiger partial charge in [-0.2, -0.15) is 13.2 Å². The predicted molar refractivity (Wildman–Crippen MR) is 115 cm³/mol. The maximum atomic E-state index is 12.8. The smallest absolute Gasteiger partial charge is 0.388 e. The van der Waals surface area contributed by atoms with Crippen LogP contribution in [0.25, 0.3) is 0 Å². The Morgan fingerprint density at radius 2 is 1.89 bits per heavy atom. The number of amides is 1. The van der Waals surface area contributed by atoms with Crippen molar-refractivity contribution >= 4 is 17.5 Å². The molecule has 2 fully saturated rings. The van der Waals surface area contributed by atoms with E-state index in [0.717, 1.165) is 6.20 Å². The van der Waals surface area contributed by atoms with Gasteiger partial charge in [-0.15, -0.1) is 10.2 Å². The Bertz CT molecular complexity index is 1020. The largest absolute Gasteiger partial charge is 0.434 e. The summed E-state index contributed by atoms with van der Waals surface area (Å²) in [6, 6.07) is 2.33. The first-order valence-electron chi connectivity index (χ1n) is 10.9. The van der Waals surface area contributed by atoms with Crippen LogP contribution in [0.15, 0.2) is 24.5 Å². The summed E-state index contributed by atoms with van der Waals surface area (Å²) in [7, 11) is 0. The summed E-state index contributed by atoms with van der Waals surface area (Å²) < 4.78 is 44.3. The molecule has 0 radical (unpaired) electrons. The van der Waals surface area contributed by atoms with Crippen LogP contribution < -0.4 is 16.0 Å². The second-order valence-electron chi connectivity index (χ2n) is 8.32. The van der Waals surface area contributed by atoms with E-state index in [4.69, 9.17) is 10.5 Å². The highest BCUT2D eigenvalue weighted by molar-refractivity contribution is 5.90. The van der Waals surface area contributed by atoms with Crippen LogP contribution in [0.2, 0.25) is 0 Å². The quantitative estimate of drug-likeness (QED) is 0.391. The lowest BCUT2D eigenvalue weighted by molar-refractivity contribution is -0.147. The Hall–Kier alpha value is -3.14. The zero-order valence-electron chi connectivity index (χ0n) is 18.5. The van der Waals surface area contributed by atoms with Crippen molar-refractivity contribution in [2.75, 3.05) is 49.5 Å². The van der Waals surface area contributed by atoms with Crippen LogP contribution in [-0.2, 0) is 10.9 Å². The predicted octanol–water partition coefficient (Wildman–Crippen LogP) is -0.892. The van der Waals surface area contributed by atoms with Crippen molar-refractivity contribution in [1.82, 2.24) is 25.1 Å². The molecule has 35 heavy (non-hydrogen) atoms. The van der Waals surface area contributed by atoms with Crippen LogP contribution in [0.3, 0.4) is 0 Å². The highest BCUT2D eigenvalue weighted by atomic mass is 19.4. The number of rotatable bonds is 6. The van der Waals surface area contributed by atoms with Crippen molar-refractivity contribution in [3.05, 3.63) is 35.9 Å². The monoisotopic (exact) mass is 498 g/mol. The fourth-order valence-corrected chi connectivity index (χ4v) is 3.97. The van der Waals surface area contributed by atoms with Gasteiger partial charge in [-0.3, -0.25) is 14.7 Å². The number of ether oxygens (including phenoxy) is 1. The van der Waals surface area contributed by atoms with Crippen LogP contribution in [0.4, 0.5) is 24.8 Å². The Balaban J connectivity index is 1.28. The second kappa shape index (κ2) is 10.2. The summed E-state index contributed by atoms with van der Waals surface area (Å²) in [6.07, 6.45) is -6.18. The van der Waals surface area contributed by atoms with Gasteiger partial charge in [0.1, 0.15) is 18.0 Å². The molecule has 1 amide bonds. The molecule has 2 aliphatic heterocycles. The number of primary amides is 1. The number of nitrogens with two attached hydrogens (primary N) is 1. The van der Waals surface area contributed by atoms with E-state index in [2.05, 4.69) is 30.4 Å². The van der Waals surface area contributed by atoms with E-state index < -0.39 is 42.1 Å². The van der Waals surface area contributed by atoms with Crippen molar-refractivity contribution < 1.29 is 32.9 Å². The number of alkyl halides is 3. The van der Waals surface area contributed by atoms with E-state index in [-0.39, 0.29) is 18.1 Å². The highest BCUT2D eigenvalue weighted by Gasteiger charge is 2.40. The van der Waals surface area contributed by atoms with Gasteiger partial charge < -0.3 is 30.9 Å². The van der Waals surface area contributed by atoms with Gasteiger partial charge in [-0.1, -0.05) is 0 Å². The van der Waals surface area contributed by atoms with Gasteiger partial charge in [0.15, 0.2) is 17.2 Å². The number of anilines is 2. The molecule has 15 heteroatoms. The Labute approximate surface area is 197 Å². The molecule has 2 aromatic heterocycles. The maximum absolute atomic E-state index is 12.8. The van der Waals surface area contributed by atoms with Crippen molar-refractivity contribution in [3.63, 3.8) is 0 Å². The SMILES string of the molecule is NC(=O)c1ccc(N2CCN(C[C@H]3OC[C@H](Nc4cncc(C(F)(F)F)n4)[C@@H](O)[C@H]3O)CC2)nn1. The van der Waals surface area contributed by atoms with Crippen molar-refractivity contribution in [1.29, 1.82) is 0 Å². The number of piperazine rings is 1. The maximum Gasteiger partial charge on any atom is 0.434 e. The first-order valence-corrected chi connectivity index (χ1v) is 10.9. The van der Waals surface area contributed by atoms with E-state index in [1.54, 1.807) is 6.07 Å². The lowest BCUT2D eigenvalue weighted by Gasteiger charge is -2.42. The van der Waals surface area contributed by atoms with Gasteiger partial charge in [-0.25, -0.2) is 4.98 Å².